The second-order valence-electron chi connectivity index (χ2n) is 5.01. The molecule has 1 aliphatic rings. The van der Waals surface area contributed by atoms with Crippen molar-refractivity contribution in [3.8, 4) is 0 Å². The first-order valence-corrected chi connectivity index (χ1v) is 6.39. The summed E-state index contributed by atoms with van der Waals surface area (Å²) < 4.78 is 4.68. The lowest BCUT2D eigenvalue weighted by Crippen LogP contribution is -2.45. The van der Waals surface area contributed by atoms with E-state index in [1.54, 1.807) is 0 Å². The smallest absolute Gasteiger partial charge is 0.394 e. The molecule has 0 radical (unpaired) electrons. The maximum Gasteiger partial charge on any atom is 0.394 e. The Morgan fingerprint density at radius 3 is 2.94 bits per heavy atom. The lowest BCUT2D eigenvalue weighted by molar-refractivity contribution is 0.0643. The topological polar surface area (TPSA) is 79.5 Å². The Morgan fingerprint density at radius 2 is 2.33 bits per heavy atom. The van der Waals surface area contributed by atoms with Crippen molar-refractivity contribution in [3.05, 3.63) is 11.7 Å². The molecule has 2 rings (SSSR count). The van der Waals surface area contributed by atoms with Crippen LogP contribution in [0.3, 0.4) is 0 Å². The highest BCUT2D eigenvalue weighted by atomic mass is 16.5. The van der Waals surface area contributed by atoms with E-state index in [9.17, 15) is 4.79 Å². The van der Waals surface area contributed by atoms with Gasteiger partial charge in [0.1, 0.15) is 0 Å². The molecule has 2 heterocycles. The zero-order valence-electron chi connectivity index (χ0n) is 10.8. The number of likely N-dealkylation sites (tertiary alicyclic amines) is 1. The summed E-state index contributed by atoms with van der Waals surface area (Å²) in [5, 5.41) is 12.5. The van der Waals surface area contributed by atoms with E-state index in [0.717, 1.165) is 13.0 Å². The van der Waals surface area contributed by atoms with E-state index < -0.39 is 5.97 Å². The van der Waals surface area contributed by atoms with Gasteiger partial charge in [0.25, 0.3) is 0 Å². The highest BCUT2D eigenvalue weighted by Gasteiger charge is 2.26. The van der Waals surface area contributed by atoms with E-state index in [4.69, 9.17) is 5.11 Å². The van der Waals surface area contributed by atoms with Gasteiger partial charge in [0.2, 0.25) is 0 Å². The number of hydrogen-bond acceptors (Lipinski definition) is 5. The molecule has 0 aromatic carbocycles. The van der Waals surface area contributed by atoms with Crippen molar-refractivity contribution in [1.82, 2.24) is 15.0 Å². The molecule has 1 aliphatic heterocycles. The van der Waals surface area contributed by atoms with Crippen LogP contribution in [0.1, 0.15) is 49.6 Å². The van der Waals surface area contributed by atoms with Gasteiger partial charge in [-0.3, -0.25) is 4.90 Å². The number of aromatic nitrogens is 2. The largest absolute Gasteiger partial charge is 0.474 e. The second kappa shape index (κ2) is 5.48. The molecule has 0 aliphatic carbocycles. The minimum Gasteiger partial charge on any atom is -0.474 e. The summed E-state index contributed by atoms with van der Waals surface area (Å²) >= 11 is 0. The fourth-order valence-electron chi connectivity index (χ4n) is 2.56. The van der Waals surface area contributed by atoms with E-state index in [1.807, 2.05) is 0 Å². The van der Waals surface area contributed by atoms with Crippen LogP contribution in [0.2, 0.25) is 0 Å². The molecule has 0 saturated carbocycles. The Bertz CT molecular complexity index is 416. The van der Waals surface area contributed by atoms with E-state index in [1.165, 1.54) is 12.8 Å². The van der Waals surface area contributed by atoms with Crippen LogP contribution >= 0.6 is 0 Å². The van der Waals surface area contributed by atoms with Gasteiger partial charge in [-0.2, -0.15) is 4.98 Å². The van der Waals surface area contributed by atoms with Crippen LogP contribution in [0.25, 0.3) is 0 Å². The molecule has 1 fully saturated rings. The molecule has 6 nitrogen and oxygen atoms in total. The number of hydrogen-bond donors (Lipinski definition) is 1. The van der Waals surface area contributed by atoms with E-state index in [0.29, 0.717) is 24.3 Å². The molecular formula is C12H19N3O3. The van der Waals surface area contributed by atoms with Gasteiger partial charge >= 0.3 is 11.9 Å². The van der Waals surface area contributed by atoms with Gasteiger partial charge in [0.05, 0.1) is 0 Å². The predicted octanol–water partition coefficient (Wildman–Crippen LogP) is 1.57. The van der Waals surface area contributed by atoms with Gasteiger partial charge in [0.15, 0.2) is 5.82 Å². The molecule has 0 spiro atoms. The Labute approximate surface area is 106 Å². The van der Waals surface area contributed by atoms with Crippen LogP contribution in [0.4, 0.5) is 0 Å². The van der Waals surface area contributed by atoms with Gasteiger partial charge in [-0.1, -0.05) is 11.6 Å². The quantitative estimate of drug-likeness (QED) is 0.877. The minimum atomic E-state index is -1.17. The summed E-state index contributed by atoms with van der Waals surface area (Å²) in [7, 11) is 0. The zero-order chi connectivity index (χ0) is 13.1. The lowest BCUT2D eigenvalue weighted by atomic mass is 9.97. The van der Waals surface area contributed by atoms with Gasteiger partial charge in [-0.05, 0) is 33.2 Å². The average molecular weight is 253 g/mol. The molecular weight excluding hydrogens is 234 g/mol. The zero-order valence-corrected chi connectivity index (χ0v) is 10.8. The van der Waals surface area contributed by atoms with Crippen molar-refractivity contribution in [1.29, 1.82) is 0 Å². The molecule has 1 aromatic rings. The van der Waals surface area contributed by atoms with Crippen molar-refractivity contribution in [2.24, 2.45) is 0 Å². The molecule has 6 heteroatoms. The van der Waals surface area contributed by atoms with Crippen LogP contribution in [-0.2, 0) is 6.42 Å². The first kappa shape index (κ1) is 13.0. The van der Waals surface area contributed by atoms with E-state index >= 15 is 0 Å². The van der Waals surface area contributed by atoms with Crippen LogP contribution < -0.4 is 0 Å². The molecule has 0 bridgehead atoms. The standard InChI is InChI=1S/C12H19N3O3/c1-8(2)15-6-4-3-5-9(15)7-10-13-11(12(16)17)18-14-10/h8-9H,3-7H2,1-2H3,(H,16,17). The average Bonchev–Trinajstić information content (AvgIpc) is 2.78. The summed E-state index contributed by atoms with van der Waals surface area (Å²) in [5.41, 5.74) is 0. The Hall–Kier alpha value is -1.43. The Balaban J connectivity index is 2.03. The predicted molar refractivity (Wildman–Crippen MR) is 64.4 cm³/mol. The number of piperidine rings is 1. The molecule has 1 saturated heterocycles. The number of rotatable bonds is 4. The summed E-state index contributed by atoms with van der Waals surface area (Å²) in [6, 6.07) is 0.874. The number of nitrogens with zero attached hydrogens (tertiary/aromatic N) is 3. The molecule has 100 valence electrons. The molecule has 1 atom stereocenters. The van der Waals surface area contributed by atoms with Gasteiger partial charge in [-0.25, -0.2) is 4.79 Å². The fourth-order valence-corrected chi connectivity index (χ4v) is 2.56. The van der Waals surface area contributed by atoms with Crippen molar-refractivity contribution in [2.45, 2.75) is 51.6 Å². The SMILES string of the molecule is CC(C)N1CCCCC1Cc1noc(C(=O)O)n1. The number of aromatic carboxylic acids is 1. The molecule has 18 heavy (non-hydrogen) atoms. The van der Waals surface area contributed by atoms with Crippen LogP contribution in [0.5, 0.6) is 0 Å². The fraction of sp³-hybridized carbons (Fsp3) is 0.750. The highest BCUT2D eigenvalue weighted by molar-refractivity contribution is 5.81. The van der Waals surface area contributed by atoms with Crippen molar-refractivity contribution in [2.75, 3.05) is 6.54 Å². The second-order valence-corrected chi connectivity index (χ2v) is 5.01. The third-order valence-corrected chi connectivity index (χ3v) is 3.41. The molecule has 1 aromatic heterocycles. The van der Waals surface area contributed by atoms with Crippen LogP contribution in [-0.4, -0.2) is 44.7 Å². The van der Waals surface area contributed by atoms with E-state index in [2.05, 4.69) is 33.4 Å². The van der Waals surface area contributed by atoms with Crippen LogP contribution in [0, 0.1) is 0 Å². The van der Waals surface area contributed by atoms with Crippen molar-refractivity contribution < 1.29 is 14.4 Å². The maximum atomic E-state index is 10.7. The molecule has 0 amide bonds. The van der Waals surface area contributed by atoms with Crippen molar-refractivity contribution in [3.63, 3.8) is 0 Å². The summed E-state index contributed by atoms with van der Waals surface area (Å²) in [6.45, 7) is 5.44. The first-order chi connectivity index (χ1) is 8.58. The Kier molecular flexibility index (Phi) is 3.96. The lowest BCUT2D eigenvalue weighted by Gasteiger charge is -2.38. The normalized spacial score (nSPS) is 21.4. The number of carboxylic acid groups (broad SMARTS) is 1. The van der Waals surface area contributed by atoms with Crippen LogP contribution in [0.15, 0.2) is 4.52 Å². The third kappa shape index (κ3) is 2.87. The first-order valence-electron chi connectivity index (χ1n) is 6.39. The van der Waals surface area contributed by atoms with Crippen molar-refractivity contribution >= 4 is 5.97 Å². The number of carbonyl (C=O) groups is 1. The van der Waals surface area contributed by atoms with E-state index in [-0.39, 0.29) is 5.89 Å². The molecule has 1 unspecified atom stereocenters. The minimum absolute atomic E-state index is 0.322. The highest BCUT2D eigenvalue weighted by Crippen LogP contribution is 2.21. The summed E-state index contributed by atoms with van der Waals surface area (Å²) in [5.74, 6) is -1.00. The Morgan fingerprint density at radius 1 is 1.56 bits per heavy atom. The summed E-state index contributed by atoms with van der Waals surface area (Å²) in [4.78, 5) is 17.0. The summed E-state index contributed by atoms with van der Waals surface area (Å²) in [6.07, 6.45) is 4.20. The molecule has 1 N–H and O–H groups in total. The van der Waals surface area contributed by atoms with Gasteiger partial charge < -0.3 is 9.63 Å². The maximum absolute atomic E-state index is 10.7. The number of carboxylic acids is 1. The van der Waals surface area contributed by atoms with Gasteiger partial charge in [-0.15, -0.1) is 0 Å². The monoisotopic (exact) mass is 253 g/mol. The van der Waals surface area contributed by atoms with Gasteiger partial charge in [0, 0.05) is 18.5 Å². The third-order valence-electron chi connectivity index (χ3n) is 3.41.